The van der Waals surface area contributed by atoms with Gasteiger partial charge in [0.1, 0.15) is 11.5 Å². The monoisotopic (exact) mass is 410 g/mol. The molecule has 2 N–H and O–H groups in total. The Hall–Kier alpha value is -2.38. The van der Waals surface area contributed by atoms with Gasteiger partial charge in [-0.1, -0.05) is 24.3 Å². The van der Waals surface area contributed by atoms with E-state index >= 15 is 0 Å². The Morgan fingerprint density at radius 3 is 1.47 bits per heavy atom. The van der Waals surface area contributed by atoms with Gasteiger partial charge < -0.3 is 19.7 Å². The first-order valence-electron chi connectivity index (χ1n) is 10.6. The van der Waals surface area contributed by atoms with Crippen molar-refractivity contribution in [1.29, 1.82) is 0 Å². The van der Waals surface area contributed by atoms with E-state index in [4.69, 9.17) is 9.47 Å². The van der Waals surface area contributed by atoms with E-state index in [1.54, 1.807) is 12.1 Å². The van der Waals surface area contributed by atoms with Crippen LogP contribution in [0.5, 0.6) is 11.5 Å². The molecule has 0 saturated carbocycles. The minimum absolute atomic E-state index is 0.330. The number of nitrogens with zero attached hydrogens (tertiary/aromatic N) is 2. The summed E-state index contributed by atoms with van der Waals surface area (Å²) in [6.45, 7) is 7.97. The van der Waals surface area contributed by atoms with Crippen molar-refractivity contribution in [2.45, 2.75) is 13.1 Å². The van der Waals surface area contributed by atoms with Gasteiger partial charge in [0, 0.05) is 50.4 Å². The molecule has 0 atom stereocenters. The van der Waals surface area contributed by atoms with Crippen molar-refractivity contribution in [3.63, 3.8) is 0 Å². The van der Waals surface area contributed by atoms with Crippen LogP contribution in [0, 0.1) is 0 Å². The first kappa shape index (κ1) is 20.9. The Kier molecular flexibility index (Phi) is 7.02. The molecule has 2 saturated heterocycles. The summed E-state index contributed by atoms with van der Waals surface area (Å²) < 4.78 is 10.8. The molecular weight excluding hydrogens is 380 g/mol. The maximum atomic E-state index is 10.3. The third-order valence-electron chi connectivity index (χ3n) is 5.67. The number of morpholine rings is 2. The Morgan fingerprint density at radius 1 is 0.667 bits per heavy atom. The van der Waals surface area contributed by atoms with E-state index in [0.717, 1.165) is 87.9 Å². The smallest absolute Gasteiger partial charge is 0.120 e. The third kappa shape index (κ3) is 5.61. The van der Waals surface area contributed by atoms with Gasteiger partial charge in [0.2, 0.25) is 0 Å². The lowest BCUT2D eigenvalue weighted by molar-refractivity contribution is 0.0338. The van der Waals surface area contributed by atoms with Crippen LogP contribution in [0.1, 0.15) is 22.3 Å². The summed E-state index contributed by atoms with van der Waals surface area (Å²) in [4.78, 5) is 4.59. The number of phenols is 2. The zero-order chi connectivity index (χ0) is 20.8. The van der Waals surface area contributed by atoms with Gasteiger partial charge in [0.05, 0.1) is 26.4 Å². The quantitative estimate of drug-likeness (QED) is 0.714. The van der Waals surface area contributed by atoms with Crippen molar-refractivity contribution in [1.82, 2.24) is 9.80 Å². The van der Waals surface area contributed by atoms with Crippen molar-refractivity contribution in [2.24, 2.45) is 0 Å². The molecule has 0 radical (unpaired) electrons. The fourth-order valence-corrected chi connectivity index (χ4v) is 3.86. The molecule has 0 aromatic heterocycles. The average Bonchev–Trinajstić information content (AvgIpc) is 2.78. The predicted molar refractivity (Wildman–Crippen MR) is 117 cm³/mol. The molecule has 2 fully saturated rings. The van der Waals surface area contributed by atoms with Gasteiger partial charge in [-0.05, 0) is 35.4 Å². The van der Waals surface area contributed by atoms with Gasteiger partial charge >= 0.3 is 0 Å². The number of aromatic hydroxyl groups is 2. The van der Waals surface area contributed by atoms with Crippen LogP contribution >= 0.6 is 0 Å². The van der Waals surface area contributed by atoms with Crippen molar-refractivity contribution < 1.29 is 19.7 Å². The molecule has 2 heterocycles. The second kappa shape index (κ2) is 10.1. The minimum Gasteiger partial charge on any atom is -0.508 e. The molecule has 0 aliphatic carbocycles. The largest absolute Gasteiger partial charge is 0.508 e. The Bertz CT molecular complexity index is 800. The van der Waals surface area contributed by atoms with Crippen LogP contribution < -0.4 is 0 Å². The van der Waals surface area contributed by atoms with E-state index in [9.17, 15) is 10.2 Å². The molecule has 2 aliphatic heterocycles. The van der Waals surface area contributed by atoms with Crippen molar-refractivity contribution in [2.75, 3.05) is 52.6 Å². The predicted octanol–water partition coefficient (Wildman–Crippen LogP) is 2.93. The van der Waals surface area contributed by atoms with Crippen LogP contribution in [0.25, 0.3) is 12.2 Å². The lowest BCUT2D eigenvalue weighted by Gasteiger charge is -2.27. The molecule has 6 nitrogen and oxygen atoms in total. The zero-order valence-corrected chi connectivity index (χ0v) is 17.3. The number of benzene rings is 2. The summed E-state index contributed by atoms with van der Waals surface area (Å²) >= 11 is 0. The molecule has 4 rings (SSSR count). The molecule has 0 bridgehead atoms. The summed E-state index contributed by atoms with van der Waals surface area (Å²) in [5, 5.41) is 20.5. The molecule has 160 valence electrons. The Morgan fingerprint density at radius 2 is 1.07 bits per heavy atom. The van der Waals surface area contributed by atoms with Crippen molar-refractivity contribution >= 4 is 12.2 Å². The van der Waals surface area contributed by atoms with Gasteiger partial charge in [-0.3, -0.25) is 9.80 Å². The summed E-state index contributed by atoms with van der Waals surface area (Å²) in [6, 6.07) is 11.4. The van der Waals surface area contributed by atoms with Crippen LogP contribution in [0.3, 0.4) is 0 Å². The van der Waals surface area contributed by atoms with Crippen LogP contribution in [0.15, 0.2) is 36.4 Å². The Labute approximate surface area is 178 Å². The number of hydrogen-bond acceptors (Lipinski definition) is 6. The highest BCUT2D eigenvalue weighted by Crippen LogP contribution is 2.24. The third-order valence-corrected chi connectivity index (χ3v) is 5.67. The highest BCUT2D eigenvalue weighted by molar-refractivity contribution is 5.71. The van der Waals surface area contributed by atoms with Crippen LogP contribution in [-0.2, 0) is 22.6 Å². The molecule has 30 heavy (non-hydrogen) atoms. The average molecular weight is 411 g/mol. The molecule has 6 heteroatoms. The van der Waals surface area contributed by atoms with E-state index in [0.29, 0.717) is 11.5 Å². The van der Waals surface area contributed by atoms with Gasteiger partial charge in [-0.15, -0.1) is 0 Å². The molecule has 2 aromatic carbocycles. The molecule has 2 aliphatic rings. The van der Waals surface area contributed by atoms with Gasteiger partial charge in [-0.25, -0.2) is 0 Å². The minimum atomic E-state index is 0.330. The van der Waals surface area contributed by atoms with E-state index in [1.807, 2.05) is 36.4 Å². The van der Waals surface area contributed by atoms with E-state index in [-0.39, 0.29) is 0 Å². The molecule has 2 aromatic rings. The molecular formula is C24H30N2O4. The standard InChI is InChI=1S/C24H30N2O4/c27-23-5-3-19(15-21(23)17-25-7-11-29-12-8-25)1-2-20-4-6-24(28)22(16-20)18-26-9-13-30-14-10-26/h1-6,15-16,27-28H,7-14,17-18H2/b2-1+. The van der Waals surface area contributed by atoms with Crippen LogP contribution in [0.4, 0.5) is 0 Å². The first-order valence-corrected chi connectivity index (χ1v) is 10.6. The van der Waals surface area contributed by atoms with E-state index in [1.165, 1.54) is 0 Å². The summed E-state index contributed by atoms with van der Waals surface area (Å²) in [5.74, 6) is 0.659. The highest BCUT2D eigenvalue weighted by atomic mass is 16.5. The maximum absolute atomic E-state index is 10.3. The topological polar surface area (TPSA) is 65.4 Å². The molecule has 0 unspecified atom stereocenters. The van der Waals surface area contributed by atoms with Crippen LogP contribution in [0.2, 0.25) is 0 Å². The fraction of sp³-hybridized carbons (Fsp3) is 0.417. The zero-order valence-electron chi connectivity index (χ0n) is 17.3. The van der Waals surface area contributed by atoms with Gasteiger partial charge in [0.25, 0.3) is 0 Å². The van der Waals surface area contributed by atoms with Gasteiger partial charge in [-0.2, -0.15) is 0 Å². The van der Waals surface area contributed by atoms with E-state index < -0.39 is 0 Å². The second-order valence-electron chi connectivity index (χ2n) is 7.89. The first-order chi connectivity index (χ1) is 14.7. The summed E-state index contributed by atoms with van der Waals surface area (Å²) in [5.41, 5.74) is 3.94. The van der Waals surface area contributed by atoms with Gasteiger partial charge in [0.15, 0.2) is 0 Å². The normalized spacial score (nSPS) is 18.8. The number of hydrogen-bond donors (Lipinski definition) is 2. The molecule has 0 amide bonds. The Balaban J connectivity index is 1.45. The van der Waals surface area contributed by atoms with Crippen molar-refractivity contribution in [3.05, 3.63) is 58.7 Å². The number of phenolic OH excluding ortho intramolecular Hbond substituents is 2. The lowest BCUT2D eigenvalue weighted by Crippen LogP contribution is -2.35. The number of ether oxygens (including phenoxy) is 2. The summed E-state index contributed by atoms with van der Waals surface area (Å²) in [6.07, 6.45) is 4.10. The highest BCUT2D eigenvalue weighted by Gasteiger charge is 2.14. The summed E-state index contributed by atoms with van der Waals surface area (Å²) in [7, 11) is 0. The van der Waals surface area contributed by atoms with E-state index in [2.05, 4.69) is 9.80 Å². The molecule has 0 spiro atoms. The second-order valence-corrected chi connectivity index (χ2v) is 7.89. The van der Waals surface area contributed by atoms with Crippen molar-refractivity contribution in [3.8, 4) is 11.5 Å². The lowest BCUT2D eigenvalue weighted by atomic mass is 10.1. The fourth-order valence-electron chi connectivity index (χ4n) is 3.86. The number of rotatable bonds is 6. The maximum Gasteiger partial charge on any atom is 0.120 e. The SMILES string of the molecule is Oc1ccc(/C=C/c2ccc(O)c(CN3CCOCC3)c2)cc1CN1CCOCC1. The van der Waals surface area contributed by atoms with Crippen LogP contribution in [-0.4, -0.2) is 72.6 Å².